The highest BCUT2D eigenvalue weighted by Gasteiger charge is 2.47. The van der Waals surface area contributed by atoms with Gasteiger partial charge in [0.15, 0.2) is 0 Å². The zero-order chi connectivity index (χ0) is 19.4. The minimum absolute atomic E-state index is 0.0760. The fourth-order valence-corrected chi connectivity index (χ4v) is 4.24. The average molecular weight is 371 g/mol. The van der Waals surface area contributed by atoms with Crippen molar-refractivity contribution in [1.29, 1.82) is 0 Å². The summed E-state index contributed by atoms with van der Waals surface area (Å²) < 4.78 is 0. The van der Waals surface area contributed by atoms with Crippen LogP contribution in [0.1, 0.15) is 43.7 Å². The van der Waals surface area contributed by atoms with Crippen molar-refractivity contribution in [3.05, 3.63) is 35.9 Å². The molecule has 1 heterocycles. The van der Waals surface area contributed by atoms with Crippen molar-refractivity contribution in [2.75, 3.05) is 27.2 Å². The van der Waals surface area contributed by atoms with Crippen LogP contribution in [0.15, 0.2) is 30.3 Å². The Bertz CT molecular complexity index is 665. The molecule has 2 fully saturated rings. The van der Waals surface area contributed by atoms with Gasteiger partial charge in [0.05, 0.1) is 17.9 Å². The van der Waals surface area contributed by atoms with Gasteiger partial charge in [0.1, 0.15) is 0 Å². The van der Waals surface area contributed by atoms with Crippen molar-refractivity contribution in [2.45, 2.75) is 38.1 Å². The molecule has 0 bridgehead atoms. The normalized spacial score (nSPS) is 23.4. The van der Waals surface area contributed by atoms with Gasteiger partial charge < -0.3 is 10.2 Å². The first-order valence-corrected chi connectivity index (χ1v) is 9.82. The minimum Gasteiger partial charge on any atom is -0.354 e. The highest BCUT2D eigenvalue weighted by Crippen LogP contribution is 2.37. The topological polar surface area (TPSA) is 69.7 Å². The van der Waals surface area contributed by atoms with Crippen molar-refractivity contribution in [3.63, 3.8) is 0 Å². The van der Waals surface area contributed by atoms with E-state index < -0.39 is 0 Å². The maximum atomic E-state index is 12.5. The van der Waals surface area contributed by atoms with Crippen molar-refractivity contribution >= 4 is 17.7 Å². The van der Waals surface area contributed by atoms with Crippen LogP contribution in [0.3, 0.4) is 0 Å². The van der Waals surface area contributed by atoms with Crippen LogP contribution in [-0.4, -0.2) is 54.7 Å². The first-order chi connectivity index (χ1) is 13.0. The van der Waals surface area contributed by atoms with Gasteiger partial charge in [-0.1, -0.05) is 43.2 Å². The molecule has 1 aromatic carbocycles. The Hall–Kier alpha value is -2.21. The monoisotopic (exact) mass is 371 g/mol. The number of carbonyl (C=O) groups excluding carboxylic acids is 3. The number of benzene rings is 1. The third-order valence-electron chi connectivity index (χ3n) is 5.80. The third kappa shape index (κ3) is 4.38. The molecule has 1 N–H and O–H groups in total. The summed E-state index contributed by atoms with van der Waals surface area (Å²) in [4.78, 5) is 40.6. The lowest BCUT2D eigenvalue weighted by Crippen LogP contribution is -2.38. The first-order valence-electron chi connectivity index (χ1n) is 9.82. The molecule has 3 rings (SSSR count). The number of hydrogen-bond donors (Lipinski definition) is 1. The van der Waals surface area contributed by atoms with Gasteiger partial charge in [-0.25, -0.2) is 0 Å². The molecule has 0 unspecified atom stereocenters. The average Bonchev–Trinajstić information content (AvgIpc) is 2.91. The smallest absolute Gasteiger partial charge is 0.233 e. The van der Waals surface area contributed by atoms with Crippen molar-refractivity contribution in [2.24, 2.45) is 11.8 Å². The Balaban J connectivity index is 1.51. The number of nitrogens with one attached hydrogen (secondary N) is 1. The quantitative estimate of drug-likeness (QED) is 0.744. The van der Waals surface area contributed by atoms with Crippen LogP contribution in [0.2, 0.25) is 0 Å². The number of fused-ring (bicyclic) bond motifs is 1. The van der Waals surface area contributed by atoms with E-state index in [4.69, 9.17) is 0 Å². The Kier molecular flexibility index (Phi) is 6.26. The second-order valence-corrected chi connectivity index (χ2v) is 7.77. The largest absolute Gasteiger partial charge is 0.354 e. The summed E-state index contributed by atoms with van der Waals surface area (Å²) in [7, 11) is 3.96. The molecule has 6 heteroatoms. The second kappa shape index (κ2) is 8.65. The number of carbonyl (C=O) groups is 3. The Morgan fingerprint density at radius 2 is 1.70 bits per heavy atom. The number of hydrogen-bond acceptors (Lipinski definition) is 4. The van der Waals surface area contributed by atoms with E-state index in [9.17, 15) is 14.4 Å². The second-order valence-electron chi connectivity index (χ2n) is 7.77. The Morgan fingerprint density at radius 3 is 2.26 bits per heavy atom. The van der Waals surface area contributed by atoms with E-state index in [0.717, 1.165) is 31.2 Å². The number of nitrogens with zero attached hydrogens (tertiary/aromatic N) is 2. The summed E-state index contributed by atoms with van der Waals surface area (Å²) in [5.74, 6) is -0.579. The molecule has 6 nitrogen and oxygen atoms in total. The molecule has 1 saturated carbocycles. The van der Waals surface area contributed by atoms with Crippen LogP contribution >= 0.6 is 0 Å². The van der Waals surface area contributed by atoms with E-state index in [1.165, 1.54) is 4.90 Å². The van der Waals surface area contributed by atoms with E-state index in [2.05, 4.69) is 10.2 Å². The molecule has 1 saturated heterocycles. The van der Waals surface area contributed by atoms with Gasteiger partial charge in [-0.3, -0.25) is 19.3 Å². The van der Waals surface area contributed by atoms with Crippen LogP contribution in [0, 0.1) is 11.8 Å². The van der Waals surface area contributed by atoms with Gasteiger partial charge in [-0.2, -0.15) is 0 Å². The van der Waals surface area contributed by atoms with Crippen LogP contribution in [0.5, 0.6) is 0 Å². The fourth-order valence-electron chi connectivity index (χ4n) is 4.24. The lowest BCUT2D eigenvalue weighted by atomic mass is 9.81. The van der Waals surface area contributed by atoms with Crippen molar-refractivity contribution in [1.82, 2.24) is 15.1 Å². The van der Waals surface area contributed by atoms with Gasteiger partial charge in [0.25, 0.3) is 0 Å². The molecule has 1 aliphatic heterocycles. The summed E-state index contributed by atoms with van der Waals surface area (Å²) in [6.45, 7) is 0.678. The van der Waals surface area contributed by atoms with E-state index >= 15 is 0 Å². The van der Waals surface area contributed by atoms with E-state index in [1.807, 2.05) is 44.4 Å². The summed E-state index contributed by atoms with van der Waals surface area (Å²) >= 11 is 0. The molecular weight excluding hydrogens is 342 g/mol. The summed E-state index contributed by atoms with van der Waals surface area (Å²) in [6.07, 6.45) is 3.80. The van der Waals surface area contributed by atoms with Crippen molar-refractivity contribution in [3.8, 4) is 0 Å². The maximum absolute atomic E-state index is 12.5. The maximum Gasteiger partial charge on any atom is 0.233 e. The molecule has 0 radical (unpaired) electrons. The first kappa shape index (κ1) is 19.5. The predicted molar refractivity (Wildman–Crippen MR) is 103 cm³/mol. The minimum atomic E-state index is -0.148. The molecular formula is C21H29N3O3. The number of imide groups is 1. The number of amides is 3. The molecule has 3 amide bonds. The Labute approximate surface area is 160 Å². The Morgan fingerprint density at radius 1 is 1.11 bits per heavy atom. The third-order valence-corrected chi connectivity index (χ3v) is 5.80. The highest BCUT2D eigenvalue weighted by atomic mass is 16.2. The fraction of sp³-hybridized carbons (Fsp3) is 0.571. The van der Waals surface area contributed by atoms with Crippen LogP contribution < -0.4 is 5.32 Å². The summed E-state index contributed by atoms with van der Waals surface area (Å²) in [6, 6.07) is 10.1. The van der Waals surface area contributed by atoms with Gasteiger partial charge in [-0.05, 0) is 32.5 Å². The molecule has 1 aromatic rings. The number of rotatable bonds is 7. The lowest BCUT2D eigenvalue weighted by Gasteiger charge is -2.25. The van der Waals surface area contributed by atoms with Crippen LogP contribution in [0.4, 0.5) is 0 Å². The molecule has 0 spiro atoms. The number of likely N-dealkylation sites (tertiary alicyclic amines) is 1. The predicted octanol–water partition coefficient (Wildman–Crippen LogP) is 1.97. The molecule has 2 aliphatic rings. The molecule has 146 valence electrons. The van der Waals surface area contributed by atoms with Crippen LogP contribution in [0.25, 0.3) is 0 Å². The van der Waals surface area contributed by atoms with Gasteiger partial charge in [-0.15, -0.1) is 0 Å². The molecule has 1 aliphatic carbocycles. The van der Waals surface area contributed by atoms with E-state index in [0.29, 0.717) is 6.54 Å². The van der Waals surface area contributed by atoms with E-state index in [-0.39, 0.29) is 48.6 Å². The summed E-state index contributed by atoms with van der Waals surface area (Å²) in [5.41, 5.74) is 1.14. The molecule has 0 aromatic heterocycles. The van der Waals surface area contributed by atoms with Gasteiger partial charge in [0.2, 0.25) is 17.7 Å². The van der Waals surface area contributed by atoms with Crippen molar-refractivity contribution < 1.29 is 14.4 Å². The highest BCUT2D eigenvalue weighted by molar-refractivity contribution is 6.05. The van der Waals surface area contributed by atoms with Crippen LogP contribution in [-0.2, 0) is 14.4 Å². The molecule has 27 heavy (non-hydrogen) atoms. The molecule has 3 atom stereocenters. The lowest BCUT2D eigenvalue weighted by molar-refractivity contribution is -0.140. The SMILES string of the molecule is CN(C)[C@@H](CNC(=O)CCN1C(=O)[C@H]2CCCC[C@@H]2C1=O)c1ccccc1. The standard InChI is InChI=1S/C21H29N3O3/c1-23(2)18(15-8-4-3-5-9-15)14-22-19(25)12-13-24-20(26)16-10-6-7-11-17(16)21(24)27/h3-5,8-9,16-18H,6-7,10-14H2,1-2H3,(H,22,25)/t16-,17-,18-/m0/s1. The zero-order valence-electron chi connectivity index (χ0n) is 16.2. The van der Waals surface area contributed by atoms with Gasteiger partial charge in [0, 0.05) is 19.5 Å². The van der Waals surface area contributed by atoms with Gasteiger partial charge >= 0.3 is 0 Å². The number of likely N-dealkylation sites (N-methyl/N-ethyl adjacent to an activating group) is 1. The van der Waals surface area contributed by atoms with E-state index in [1.54, 1.807) is 0 Å². The summed E-state index contributed by atoms with van der Waals surface area (Å²) in [5, 5.41) is 2.95. The zero-order valence-corrected chi connectivity index (χ0v) is 16.2.